The third-order valence-corrected chi connectivity index (χ3v) is 3.55. The molecule has 1 saturated heterocycles. The number of benzene rings is 1. The maximum Gasteiger partial charge on any atom is 0.115 e. The number of hydrogen-bond donors (Lipinski definition) is 2. The Balaban J connectivity index is 2.02. The standard InChI is InChI=1S/C13H20N2O/c1-10(11-3-5-13(16)6-4-11)15-8-7-12(9-15)14-2/h3-6,10,12,14,16H,7-9H2,1-2H3. The van der Waals surface area contributed by atoms with Gasteiger partial charge in [-0.2, -0.15) is 0 Å². The third-order valence-electron chi connectivity index (χ3n) is 3.55. The Morgan fingerprint density at radius 1 is 1.38 bits per heavy atom. The Morgan fingerprint density at radius 3 is 2.62 bits per heavy atom. The van der Waals surface area contributed by atoms with Crippen molar-refractivity contribution < 1.29 is 5.11 Å². The van der Waals surface area contributed by atoms with Gasteiger partial charge in [-0.1, -0.05) is 12.1 Å². The van der Waals surface area contributed by atoms with E-state index >= 15 is 0 Å². The molecule has 88 valence electrons. The maximum absolute atomic E-state index is 9.26. The summed E-state index contributed by atoms with van der Waals surface area (Å²) >= 11 is 0. The molecule has 0 bridgehead atoms. The number of likely N-dealkylation sites (tertiary alicyclic amines) is 1. The van der Waals surface area contributed by atoms with Crippen molar-refractivity contribution in [3.8, 4) is 5.75 Å². The van der Waals surface area contributed by atoms with Crippen LogP contribution in [0, 0.1) is 0 Å². The first kappa shape index (κ1) is 11.4. The first-order valence-electron chi connectivity index (χ1n) is 5.91. The van der Waals surface area contributed by atoms with Crippen molar-refractivity contribution in [1.82, 2.24) is 10.2 Å². The summed E-state index contributed by atoms with van der Waals surface area (Å²) in [4.78, 5) is 2.48. The number of phenolic OH excluding ortho intramolecular Hbond substituents is 1. The van der Waals surface area contributed by atoms with E-state index in [9.17, 15) is 5.11 Å². The molecule has 1 aromatic rings. The van der Waals surface area contributed by atoms with Crippen LogP contribution in [0.5, 0.6) is 5.75 Å². The van der Waals surface area contributed by atoms with Crippen LogP contribution in [0.1, 0.15) is 24.9 Å². The van der Waals surface area contributed by atoms with Crippen LogP contribution in [0.25, 0.3) is 0 Å². The van der Waals surface area contributed by atoms with E-state index in [4.69, 9.17) is 0 Å². The molecule has 1 aromatic carbocycles. The fraction of sp³-hybridized carbons (Fsp3) is 0.538. The Bertz CT molecular complexity index is 336. The monoisotopic (exact) mass is 220 g/mol. The number of hydrogen-bond acceptors (Lipinski definition) is 3. The molecule has 1 heterocycles. The van der Waals surface area contributed by atoms with E-state index in [0.717, 1.165) is 13.1 Å². The van der Waals surface area contributed by atoms with Crippen LogP contribution in [0.15, 0.2) is 24.3 Å². The average molecular weight is 220 g/mol. The summed E-state index contributed by atoms with van der Waals surface area (Å²) in [6.07, 6.45) is 1.22. The van der Waals surface area contributed by atoms with Crippen molar-refractivity contribution in [2.45, 2.75) is 25.4 Å². The number of rotatable bonds is 3. The van der Waals surface area contributed by atoms with Crippen LogP contribution >= 0.6 is 0 Å². The first-order chi connectivity index (χ1) is 7.70. The Labute approximate surface area is 97.1 Å². The number of nitrogens with zero attached hydrogens (tertiary/aromatic N) is 1. The van der Waals surface area contributed by atoms with Gasteiger partial charge in [0.2, 0.25) is 0 Å². The topological polar surface area (TPSA) is 35.5 Å². The van der Waals surface area contributed by atoms with E-state index < -0.39 is 0 Å². The predicted octanol–water partition coefficient (Wildman–Crippen LogP) is 1.75. The van der Waals surface area contributed by atoms with Gasteiger partial charge in [0.25, 0.3) is 0 Å². The minimum absolute atomic E-state index is 0.338. The molecule has 0 aliphatic carbocycles. The van der Waals surface area contributed by atoms with Gasteiger partial charge in [0.05, 0.1) is 0 Å². The van der Waals surface area contributed by atoms with Gasteiger partial charge in [-0.25, -0.2) is 0 Å². The molecule has 0 radical (unpaired) electrons. The van der Waals surface area contributed by atoms with Crippen LogP contribution in [0.2, 0.25) is 0 Å². The molecule has 3 nitrogen and oxygen atoms in total. The molecule has 0 saturated carbocycles. The molecular weight excluding hydrogens is 200 g/mol. The zero-order chi connectivity index (χ0) is 11.5. The molecule has 2 unspecified atom stereocenters. The first-order valence-corrected chi connectivity index (χ1v) is 5.91. The fourth-order valence-electron chi connectivity index (χ4n) is 2.34. The molecular formula is C13H20N2O. The second-order valence-corrected chi connectivity index (χ2v) is 4.54. The summed E-state index contributed by atoms with van der Waals surface area (Å²) in [6.45, 7) is 4.48. The van der Waals surface area contributed by atoms with Gasteiger partial charge < -0.3 is 10.4 Å². The van der Waals surface area contributed by atoms with Gasteiger partial charge >= 0.3 is 0 Å². The van der Waals surface area contributed by atoms with Gasteiger partial charge in [0.15, 0.2) is 0 Å². The lowest BCUT2D eigenvalue weighted by Crippen LogP contribution is -2.31. The lowest BCUT2D eigenvalue weighted by atomic mass is 10.1. The Hall–Kier alpha value is -1.06. The van der Waals surface area contributed by atoms with Crippen molar-refractivity contribution in [1.29, 1.82) is 0 Å². The number of phenols is 1. The summed E-state index contributed by atoms with van der Waals surface area (Å²) in [5, 5.41) is 12.6. The number of likely N-dealkylation sites (N-methyl/N-ethyl adjacent to an activating group) is 1. The molecule has 0 spiro atoms. The zero-order valence-corrected chi connectivity index (χ0v) is 9.98. The van der Waals surface area contributed by atoms with Gasteiger partial charge in [0, 0.05) is 25.2 Å². The van der Waals surface area contributed by atoms with Crippen LogP contribution in [0.3, 0.4) is 0 Å². The SMILES string of the molecule is CNC1CCN(C(C)c2ccc(O)cc2)C1. The molecule has 1 aliphatic rings. The highest BCUT2D eigenvalue weighted by molar-refractivity contribution is 5.27. The number of nitrogens with one attached hydrogen (secondary N) is 1. The normalized spacial score (nSPS) is 23.5. The lowest BCUT2D eigenvalue weighted by molar-refractivity contribution is 0.257. The van der Waals surface area contributed by atoms with Crippen molar-refractivity contribution in [3.05, 3.63) is 29.8 Å². The van der Waals surface area contributed by atoms with Gasteiger partial charge in [0.1, 0.15) is 5.75 Å². The second-order valence-electron chi connectivity index (χ2n) is 4.54. The molecule has 1 aliphatic heterocycles. The molecule has 2 rings (SSSR count). The van der Waals surface area contributed by atoms with E-state index in [0.29, 0.717) is 17.8 Å². The average Bonchev–Trinajstić information content (AvgIpc) is 2.77. The lowest BCUT2D eigenvalue weighted by Gasteiger charge is -2.24. The highest BCUT2D eigenvalue weighted by Gasteiger charge is 2.25. The Kier molecular flexibility index (Phi) is 3.46. The highest BCUT2D eigenvalue weighted by Crippen LogP contribution is 2.25. The maximum atomic E-state index is 9.26. The van der Waals surface area contributed by atoms with Crippen LogP contribution in [-0.4, -0.2) is 36.2 Å². The summed E-state index contributed by atoms with van der Waals surface area (Å²) in [5.41, 5.74) is 1.27. The minimum atomic E-state index is 0.338. The summed E-state index contributed by atoms with van der Waals surface area (Å²) in [5.74, 6) is 0.338. The van der Waals surface area contributed by atoms with Crippen LogP contribution in [0.4, 0.5) is 0 Å². The second kappa shape index (κ2) is 4.85. The van der Waals surface area contributed by atoms with Crippen molar-refractivity contribution in [2.24, 2.45) is 0 Å². The van der Waals surface area contributed by atoms with Gasteiger partial charge in [-0.3, -0.25) is 4.90 Å². The Morgan fingerprint density at radius 2 is 2.06 bits per heavy atom. The molecule has 2 atom stereocenters. The molecule has 0 amide bonds. The molecule has 2 N–H and O–H groups in total. The minimum Gasteiger partial charge on any atom is -0.508 e. The molecule has 3 heteroatoms. The quantitative estimate of drug-likeness (QED) is 0.814. The summed E-state index contributed by atoms with van der Waals surface area (Å²) in [7, 11) is 2.03. The van der Waals surface area contributed by atoms with Crippen molar-refractivity contribution in [2.75, 3.05) is 20.1 Å². The van der Waals surface area contributed by atoms with E-state index in [1.807, 2.05) is 19.2 Å². The van der Waals surface area contributed by atoms with Crippen molar-refractivity contribution >= 4 is 0 Å². The number of aromatic hydroxyl groups is 1. The molecule has 1 fully saturated rings. The van der Waals surface area contributed by atoms with Gasteiger partial charge in [-0.05, 0) is 38.1 Å². The summed E-state index contributed by atoms with van der Waals surface area (Å²) in [6, 6.07) is 8.59. The van der Waals surface area contributed by atoms with E-state index in [1.165, 1.54) is 12.0 Å². The highest BCUT2D eigenvalue weighted by atomic mass is 16.3. The summed E-state index contributed by atoms with van der Waals surface area (Å²) < 4.78 is 0. The van der Waals surface area contributed by atoms with Crippen LogP contribution in [-0.2, 0) is 0 Å². The predicted molar refractivity (Wildman–Crippen MR) is 65.6 cm³/mol. The smallest absolute Gasteiger partial charge is 0.115 e. The van der Waals surface area contributed by atoms with E-state index in [2.05, 4.69) is 17.1 Å². The van der Waals surface area contributed by atoms with Crippen molar-refractivity contribution in [3.63, 3.8) is 0 Å². The van der Waals surface area contributed by atoms with Gasteiger partial charge in [-0.15, -0.1) is 0 Å². The van der Waals surface area contributed by atoms with E-state index in [1.54, 1.807) is 12.1 Å². The van der Waals surface area contributed by atoms with E-state index in [-0.39, 0.29) is 0 Å². The zero-order valence-electron chi connectivity index (χ0n) is 9.98. The third kappa shape index (κ3) is 2.36. The van der Waals surface area contributed by atoms with Crippen LogP contribution < -0.4 is 5.32 Å². The molecule has 16 heavy (non-hydrogen) atoms. The fourth-order valence-corrected chi connectivity index (χ4v) is 2.34. The molecule has 0 aromatic heterocycles. The largest absolute Gasteiger partial charge is 0.508 e.